The molecule has 2 aromatic carbocycles. The first-order valence-electron chi connectivity index (χ1n) is 8.63. The summed E-state index contributed by atoms with van der Waals surface area (Å²) in [4.78, 5) is 14.2. The molecule has 3 rings (SSSR count). The Morgan fingerprint density at radius 1 is 1.00 bits per heavy atom. The zero-order chi connectivity index (χ0) is 18.7. The van der Waals surface area contributed by atoms with Crippen molar-refractivity contribution in [3.63, 3.8) is 0 Å². The number of halogens is 3. The van der Waals surface area contributed by atoms with Gasteiger partial charge in [-0.3, -0.25) is 4.79 Å². The van der Waals surface area contributed by atoms with Gasteiger partial charge in [-0.25, -0.2) is 0 Å². The van der Waals surface area contributed by atoms with E-state index in [2.05, 4.69) is 17.0 Å². The maximum Gasteiger partial charge on any atom is 0.471 e. The van der Waals surface area contributed by atoms with Crippen molar-refractivity contribution in [2.24, 2.45) is 0 Å². The van der Waals surface area contributed by atoms with Gasteiger partial charge in [-0.2, -0.15) is 13.2 Å². The number of nitrogens with zero attached hydrogens (tertiary/aromatic N) is 2. The number of rotatable bonds is 4. The highest BCUT2D eigenvalue weighted by molar-refractivity contribution is 5.81. The Kier molecular flexibility index (Phi) is 5.20. The fraction of sp³-hybridized carbons (Fsp3) is 0.350. The highest BCUT2D eigenvalue weighted by Crippen LogP contribution is 2.35. The first-order chi connectivity index (χ1) is 12.4. The molecule has 0 N–H and O–H groups in total. The Morgan fingerprint density at radius 2 is 1.50 bits per heavy atom. The zero-order valence-electron chi connectivity index (χ0n) is 14.6. The van der Waals surface area contributed by atoms with Gasteiger partial charge in [0.2, 0.25) is 0 Å². The van der Waals surface area contributed by atoms with Crippen molar-refractivity contribution in [2.75, 3.05) is 25.0 Å². The van der Waals surface area contributed by atoms with Crippen LogP contribution in [0.1, 0.15) is 17.5 Å². The molecule has 0 spiro atoms. The monoisotopic (exact) mass is 362 g/mol. The molecule has 1 aliphatic heterocycles. The summed E-state index contributed by atoms with van der Waals surface area (Å²) >= 11 is 0. The van der Waals surface area contributed by atoms with E-state index in [0.29, 0.717) is 13.0 Å². The van der Waals surface area contributed by atoms with Gasteiger partial charge in [0.25, 0.3) is 0 Å². The molecule has 0 atom stereocenters. The van der Waals surface area contributed by atoms with E-state index < -0.39 is 12.1 Å². The van der Waals surface area contributed by atoms with Crippen molar-refractivity contribution in [2.45, 2.75) is 25.4 Å². The third-order valence-electron chi connectivity index (χ3n) is 4.69. The van der Waals surface area contributed by atoms with E-state index in [1.165, 1.54) is 18.2 Å². The Bertz CT molecular complexity index is 741. The van der Waals surface area contributed by atoms with Crippen LogP contribution in [0.5, 0.6) is 0 Å². The highest BCUT2D eigenvalue weighted by Gasteiger charge is 2.41. The number of carbonyl (C=O) groups excluding carboxylic acids is 1. The van der Waals surface area contributed by atoms with E-state index in [4.69, 9.17) is 0 Å². The van der Waals surface area contributed by atoms with Crippen molar-refractivity contribution in [3.8, 4) is 0 Å². The Labute approximate surface area is 151 Å². The van der Waals surface area contributed by atoms with Crippen molar-refractivity contribution in [1.82, 2.24) is 4.90 Å². The number of carbonyl (C=O) groups is 1. The first-order valence-corrected chi connectivity index (χ1v) is 8.63. The number of aryl methyl sites for hydroxylation is 2. The molecular formula is C20H21F3N2O. The summed E-state index contributed by atoms with van der Waals surface area (Å²) in [5.74, 6) is -1.80. The van der Waals surface area contributed by atoms with Gasteiger partial charge in [0, 0.05) is 31.5 Å². The number of para-hydroxylation sites is 2. The summed E-state index contributed by atoms with van der Waals surface area (Å²) in [5, 5.41) is 0. The van der Waals surface area contributed by atoms with Gasteiger partial charge in [-0.1, -0.05) is 36.4 Å². The summed E-state index contributed by atoms with van der Waals surface area (Å²) in [6.45, 7) is 0.600. The molecular weight excluding hydrogens is 341 g/mol. The second-order valence-electron chi connectivity index (χ2n) is 6.49. The van der Waals surface area contributed by atoms with Crippen molar-refractivity contribution >= 4 is 17.3 Å². The topological polar surface area (TPSA) is 23.6 Å². The van der Waals surface area contributed by atoms with Crippen molar-refractivity contribution in [3.05, 3.63) is 59.7 Å². The Hall–Kier alpha value is -2.50. The number of alkyl halides is 3. The number of fused-ring (bicyclic) bond motifs is 2. The van der Waals surface area contributed by atoms with Gasteiger partial charge < -0.3 is 9.80 Å². The van der Waals surface area contributed by atoms with Crippen LogP contribution in [-0.2, 0) is 17.6 Å². The van der Waals surface area contributed by atoms with Crippen LogP contribution in [0.2, 0.25) is 0 Å². The van der Waals surface area contributed by atoms with E-state index in [9.17, 15) is 18.0 Å². The number of hydrogen-bond donors (Lipinski definition) is 0. The Balaban J connectivity index is 1.78. The molecule has 26 heavy (non-hydrogen) atoms. The molecule has 138 valence electrons. The molecule has 3 nitrogen and oxygen atoms in total. The van der Waals surface area contributed by atoms with Gasteiger partial charge >= 0.3 is 12.1 Å². The summed E-state index contributed by atoms with van der Waals surface area (Å²) < 4.78 is 37.6. The smallest absolute Gasteiger partial charge is 0.341 e. The molecule has 0 radical (unpaired) electrons. The molecule has 2 aromatic rings. The quantitative estimate of drug-likeness (QED) is 0.808. The summed E-state index contributed by atoms with van der Waals surface area (Å²) in [6.07, 6.45) is -2.52. The lowest BCUT2D eigenvalue weighted by molar-refractivity contribution is -0.184. The SMILES string of the molecule is CN(CCCN1c2ccccc2CCc2ccccc21)C(=O)C(F)(F)F. The van der Waals surface area contributed by atoms with Gasteiger partial charge in [0.1, 0.15) is 0 Å². The molecule has 0 aromatic heterocycles. The molecule has 0 aliphatic carbocycles. The van der Waals surface area contributed by atoms with Crippen LogP contribution in [0.25, 0.3) is 0 Å². The largest absolute Gasteiger partial charge is 0.471 e. The maximum atomic E-state index is 12.5. The lowest BCUT2D eigenvalue weighted by Gasteiger charge is -2.28. The van der Waals surface area contributed by atoms with Crippen LogP contribution in [0.4, 0.5) is 24.5 Å². The minimum Gasteiger partial charge on any atom is -0.341 e. The van der Waals surface area contributed by atoms with Gasteiger partial charge in [-0.05, 0) is 42.5 Å². The lowest BCUT2D eigenvalue weighted by Crippen LogP contribution is -2.39. The summed E-state index contributed by atoms with van der Waals surface area (Å²) in [6, 6.07) is 16.2. The standard InChI is InChI=1S/C20H21F3N2O/c1-24(19(26)20(21,22)23)13-6-14-25-17-9-4-2-7-15(17)11-12-16-8-3-5-10-18(16)25/h2-5,7-10H,6,11-14H2,1H3. The number of benzene rings is 2. The van der Waals surface area contributed by atoms with Crippen LogP contribution in [0.15, 0.2) is 48.5 Å². The van der Waals surface area contributed by atoms with Crippen molar-refractivity contribution in [1.29, 1.82) is 0 Å². The van der Waals surface area contributed by atoms with Gasteiger partial charge in [0.15, 0.2) is 0 Å². The number of amides is 1. The highest BCUT2D eigenvalue weighted by atomic mass is 19.4. The third-order valence-corrected chi connectivity index (χ3v) is 4.69. The first kappa shape index (κ1) is 18.3. The molecule has 0 saturated carbocycles. The summed E-state index contributed by atoms with van der Waals surface area (Å²) in [7, 11) is 1.19. The zero-order valence-corrected chi connectivity index (χ0v) is 14.6. The van der Waals surface area contributed by atoms with E-state index in [1.807, 2.05) is 36.4 Å². The van der Waals surface area contributed by atoms with Gasteiger partial charge in [0.05, 0.1) is 0 Å². The maximum absolute atomic E-state index is 12.5. The Morgan fingerprint density at radius 3 is 2.00 bits per heavy atom. The minimum absolute atomic E-state index is 0.0547. The van der Waals surface area contributed by atoms with Gasteiger partial charge in [-0.15, -0.1) is 0 Å². The molecule has 1 amide bonds. The third kappa shape index (κ3) is 3.84. The van der Waals surface area contributed by atoms with Crippen LogP contribution in [0, 0.1) is 0 Å². The molecule has 0 unspecified atom stereocenters. The van der Waals surface area contributed by atoms with Crippen LogP contribution in [0.3, 0.4) is 0 Å². The lowest BCUT2D eigenvalue weighted by atomic mass is 10.0. The molecule has 1 heterocycles. The number of anilines is 2. The van der Waals surface area contributed by atoms with E-state index in [0.717, 1.165) is 29.1 Å². The molecule has 0 bridgehead atoms. The fourth-order valence-corrected chi connectivity index (χ4v) is 3.40. The van der Waals surface area contributed by atoms with Crippen LogP contribution < -0.4 is 4.90 Å². The predicted molar refractivity (Wildman–Crippen MR) is 95.6 cm³/mol. The molecule has 0 saturated heterocycles. The normalized spacial score (nSPS) is 13.6. The average Bonchev–Trinajstić information content (AvgIpc) is 2.78. The molecule has 1 aliphatic rings. The summed E-state index contributed by atoms with van der Waals surface area (Å²) in [5.41, 5.74) is 4.62. The van der Waals surface area contributed by atoms with E-state index >= 15 is 0 Å². The van der Waals surface area contributed by atoms with E-state index in [-0.39, 0.29) is 6.54 Å². The number of hydrogen-bond acceptors (Lipinski definition) is 2. The predicted octanol–water partition coefficient (Wildman–Crippen LogP) is 4.33. The van der Waals surface area contributed by atoms with Crippen molar-refractivity contribution < 1.29 is 18.0 Å². The minimum atomic E-state index is -4.82. The van der Waals surface area contributed by atoms with Crippen LogP contribution >= 0.6 is 0 Å². The molecule has 0 fully saturated rings. The van der Waals surface area contributed by atoms with E-state index in [1.54, 1.807) is 0 Å². The fourth-order valence-electron chi connectivity index (χ4n) is 3.40. The second-order valence-corrected chi connectivity index (χ2v) is 6.49. The van der Waals surface area contributed by atoms with Crippen LogP contribution in [-0.4, -0.2) is 37.1 Å². The molecule has 6 heteroatoms. The second kappa shape index (κ2) is 7.40. The average molecular weight is 362 g/mol.